The number of pyridine rings is 1. The first-order valence-corrected chi connectivity index (χ1v) is 7.89. The number of nitrogens with zero attached hydrogens (tertiary/aromatic N) is 2. The van der Waals surface area contributed by atoms with Crippen molar-refractivity contribution in [1.82, 2.24) is 15.2 Å². The molecule has 1 saturated heterocycles. The maximum Gasteiger partial charge on any atom is 0.269 e. The van der Waals surface area contributed by atoms with Crippen LogP contribution >= 0.6 is 0 Å². The van der Waals surface area contributed by atoms with Crippen LogP contribution < -0.4 is 10.6 Å². The predicted molar refractivity (Wildman–Crippen MR) is 85.6 cm³/mol. The van der Waals surface area contributed by atoms with E-state index in [0.29, 0.717) is 12.2 Å². The van der Waals surface area contributed by atoms with E-state index >= 15 is 0 Å². The molecule has 2 rings (SSSR count). The molecule has 0 bridgehead atoms. The highest BCUT2D eigenvalue weighted by molar-refractivity contribution is 5.93. The number of likely N-dealkylation sites (tertiary alicyclic amines) is 1. The summed E-state index contributed by atoms with van der Waals surface area (Å²) in [5.41, 5.74) is 1.42. The third kappa shape index (κ3) is 5.01. The van der Waals surface area contributed by atoms with Gasteiger partial charge in [0.1, 0.15) is 5.69 Å². The van der Waals surface area contributed by atoms with Crippen LogP contribution in [0.4, 0.5) is 5.69 Å². The van der Waals surface area contributed by atoms with Gasteiger partial charge in [-0.25, -0.2) is 0 Å². The Hall–Kier alpha value is -1.62. The van der Waals surface area contributed by atoms with Crippen LogP contribution in [0.25, 0.3) is 0 Å². The van der Waals surface area contributed by atoms with Crippen molar-refractivity contribution >= 4 is 11.6 Å². The fourth-order valence-electron chi connectivity index (χ4n) is 2.56. The van der Waals surface area contributed by atoms with Crippen LogP contribution in [0.3, 0.4) is 0 Å². The zero-order valence-corrected chi connectivity index (χ0v) is 13.1. The molecule has 0 spiro atoms. The van der Waals surface area contributed by atoms with Gasteiger partial charge in [-0.2, -0.15) is 0 Å². The number of carbonyl (C=O) groups excluding carboxylic acids is 1. The smallest absolute Gasteiger partial charge is 0.269 e. The van der Waals surface area contributed by atoms with Crippen molar-refractivity contribution in [2.24, 2.45) is 5.92 Å². The van der Waals surface area contributed by atoms with Gasteiger partial charge >= 0.3 is 0 Å². The van der Waals surface area contributed by atoms with Gasteiger partial charge in [-0.3, -0.25) is 9.78 Å². The fourth-order valence-corrected chi connectivity index (χ4v) is 2.56. The Bertz CT molecular complexity index is 455. The van der Waals surface area contributed by atoms with Crippen molar-refractivity contribution in [3.63, 3.8) is 0 Å². The van der Waals surface area contributed by atoms with E-state index in [1.54, 1.807) is 6.20 Å². The quantitative estimate of drug-likeness (QED) is 0.841. The van der Waals surface area contributed by atoms with E-state index in [4.69, 9.17) is 0 Å². The highest BCUT2D eigenvalue weighted by Gasteiger charge is 2.14. The molecule has 1 fully saturated rings. The number of anilines is 1. The first kappa shape index (κ1) is 15.8. The van der Waals surface area contributed by atoms with E-state index in [9.17, 15) is 4.79 Å². The number of hydrogen-bond acceptors (Lipinski definition) is 4. The summed E-state index contributed by atoms with van der Waals surface area (Å²) in [5, 5.41) is 6.14. The average Bonchev–Trinajstić information content (AvgIpc) is 2.50. The van der Waals surface area contributed by atoms with E-state index in [-0.39, 0.29) is 5.91 Å². The Kier molecular flexibility index (Phi) is 5.99. The zero-order chi connectivity index (χ0) is 15.1. The Morgan fingerprint density at radius 2 is 2.19 bits per heavy atom. The van der Waals surface area contributed by atoms with Gasteiger partial charge in [0.15, 0.2) is 0 Å². The Morgan fingerprint density at radius 1 is 1.43 bits per heavy atom. The van der Waals surface area contributed by atoms with Crippen molar-refractivity contribution in [2.75, 3.05) is 38.0 Å². The van der Waals surface area contributed by atoms with Crippen LogP contribution in [-0.4, -0.2) is 48.5 Å². The molecule has 5 heteroatoms. The van der Waals surface area contributed by atoms with Crippen molar-refractivity contribution in [1.29, 1.82) is 0 Å². The van der Waals surface area contributed by atoms with Crippen molar-refractivity contribution < 1.29 is 4.79 Å². The minimum absolute atomic E-state index is 0.119. The number of amides is 1. The summed E-state index contributed by atoms with van der Waals surface area (Å²) in [5.74, 6) is 0.750. The van der Waals surface area contributed by atoms with Gasteiger partial charge in [0.2, 0.25) is 0 Å². The lowest BCUT2D eigenvalue weighted by Gasteiger charge is -2.30. The minimum Gasteiger partial charge on any atom is -0.384 e. The van der Waals surface area contributed by atoms with Gasteiger partial charge in [0, 0.05) is 31.5 Å². The zero-order valence-electron chi connectivity index (χ0n) is 13.1. The molecular formula is C16H26N4O. The molecule has 2 N–H and O–H groups in total. The first-order chi connectivity index (χ1) is 10.2. The molecule has 1 aromatic rings. The van der Waals surface area contributed by atoms with Gasteiger partial charge in [-0.05, 0) is 50.9 Å². The van der Waals surface area contributed by atoms with Gasteiger partial charge < -0.3 is 15.5 Å². The minimum atomic E-state index is -0.119. The topological polar surface area (TPSA) is 57.3 Å². The number of hydrogen-bond donors (Lipinski definition) is 2. The Labute approximate surface area is 127 Å². The summed E-state index contributed by atoms with van der Waals surface area (Å²) in [4.78, 5) is 18.3. The fraction of sp³-hybridized carbons (Fsp3) is 0.625. The molecule has 1 aliphatic heterocycles. The SMILES string of the molecule is CCNC(=O)c1cc(NCCN2CCC(C)CC2)ccn1. The van der Waals surface area contributed by atoms with E-state index in [2.05, 4.69) is 27.4 Å². The van der Waals surface area contributed by atoms with E-state index < -0.39 is 0 Å². The van der Waals surface area contributed by atoms with Crippen molar-refractivity contribution in [3.8, 4) is 0 Å². The van der Waals surface area contributed by atoms with Crippen LogP contribution in [0.5, 0.6) is 0 Å². The molecule has 0 unspecified atom stereocenters. The van der Waals surface area contributed by atoms with Crippen LogP contribution in [-0.2, 0) is 0 Å². The molecule has 0 atom stereocenters. The summed E-state index contributed by atoms with van der Waals surface area (Å²) in [6.45, 7) is 9.19. The third-order valence-electron chi connectivity index (χ3n) is 3.96. The number of rotatable bonds is 6. The molecule has 1 aliphatic rings. The maximum absolute atomic E-state index is 11.7. The summed E-state index contributed by atoms with van der Waals surface area (Å²) < 4.78 is 0. The van der Waals surface area contributed by atoms with Crippen LogP contribution in [0.15, 0.2) is 18.3 Å². The Morgan fingerprint density at radius 3 is 2.90 bits per heavy atom. The molecule has 0 aliphatic carbocycles. The summed E-state index contributed by atoms with van der Waals surface area (Å²) in [6.07, 6.45) is 4.28. The largest absolute Gasteiger partial charge is 0.384 e. The Balaban J connectivity index is 1.78. The molecule has 0 aromatic carbocycles. The monoisotopic (exact) mass is 290 g/mol. The average molecular weight is 290 g/mol. The third-order valence-corrected chi connectivity index (χ3v) is 3.96. The summed E-state index contributed by atoms with van der Waals surface area (Å²) >= 11 is 0. The lowest BCUT2D eigenvalue weighted by molar-refractivity contribution is 0.0951. The standard InChI is InChI=1S/C16H26N4O/c1-3-17-16(21)15-12-14(4-7-19-15)18-8-11-20-9-5-13(2)6-10-20/h4,7,12-13H,3,5-6,8-11H2,1-2H3,(H,17,21)(H,18,19). The number of aromatic nitrogens is 1. The van der Waals surface area contributed by atoms with Crippen molar-refractivity contribution in [2.45, 2.75) is 26.7 Å². The number of nitrogens with one attached hydrogen (secondary N) is 2. The van der Waals surface area contributed by atoms with E-state index in [1.165, 1.54) is 25.9 Å². The molecule has 0 radical (unpaired) electrons. The molecule has 1 aromatic heterocycles. The van der Waals surface area contributed by atoms with Gasteiger partial charge in [-0.1, -0.05) is 6.92 Å². The summed E-state index contributed by atoms with van der Waals surface area (Å²) in [6, 6.07) is 3.71. The highest BCUT2D eigenvalue weighted by atomic mass is 16.1. The molecule has 0 saturated carbocycles. The van der Waals surface area contributed by atoms with Crippen molar-refractivity contribution in [3.05, 3.63) is 24.0 Å². The molecular weight excluding hydrogens is 264 g/mol. The van der Waals surface area contributed by atoms with Gasteiger partial charge in [0.25, 0.3) is 5.91 Å². The molecule has 116 valence electrons. The second-order valence-electron chi connectivity index (χ2n) is 5.74. The van der Waals surface area contributed by atoms with Crippen LogP contribution in [0.2, 0.25) is 0 Å². The van der Waals surface area contributed by atoms with Crippen LogP contribution in [0, 0.1) is 5.92 Å². The van der Waals surface area contributed by atoms with Gasteiger partial charge in [-0.15, -0.1) is 0 Å². The normalized spacial score (nSPS) is 16.7. The number of piperidine rings is 1. The number of carbonyl (C=O) groups is 1. The summed E-state index contributed by atoms with van der Waals surface area (Å²) in [7, 11) is 0. The van der Waals surface area contributed by atoms with Gasteiger partial charge in [0.05, 0.1) is 0 Å². The molecule has 5 nitrogen and oxygen atoms in total. The molecule has 1 amide bonds. The van der Waals surface area contributed by atoms with E-state index in [1.807, 2.05) is 19.1 Å². The second-order valence-corrected chi connectivity index (χ2v) is 5.74. The predicted octanol–water partition coefficient (Wildman–Crippen LogP) is 1.98. The second kappa shape index (κ2) is 7.98. The first-order valence-electron chi connectivity index (χ1n) is 7.89. The lowest BCUT2D eigenvalue weighted by atomic mass is 9.99. The lowest BCUT2D eigenvalue weighted by Crippen LogP contribution is -2.36. The maximum atomic E-state index is 11.7. The van der Waals surface area contributed by atoms with E-state index in [0.717, 1.165) is 24.7 Å². The van der Waals surface area contributed by atoms with Crippen LogP contribution in [0.1, 0.15) is 37.2 Å². The molecule has 21 heavy (non-hydrogen) atoms. The highest BCUT2D eigenvalue weighted by Crippen LogP contribution is 2.15. The molecule has 2 heterocycles.